The van der Waals surface area contributed by atoms with Gasteiger partial charge >= 0.3 is 0 Å². The third kappa shape index (κ3) is 5.08. The van der Waals surface area contributed by atoms with Gasteiger partial charge in [-0.3, -0.25) is 9.59 Å². The van der Waals surface area contributed by atoms with Crippen molar-refractivity contribution in [1.82, 2.24) is 9.80 Å². The lowest BCUT2D eigenvalue weighted by atomic mass is 9.70. The van der Waals surface area contributed by atoms with E-state index in [0.717, 1.165) is 25.7 Å². The standard InChI is InChI=1S/C28H46N2O3/c1-7-20-29-24(32)27(21-25(3,4)30(23(31)8-2)26(5,6)22-27)33-28(29)18-16-14-12-10-9-11-13-15-17-19-28/h7-8H,1-2,9-22H2,3-6H3. The molecule has 2 heterocycles. The first-order valence-electron chi connectivity index (χ1n) is 13.1. The molecular weight excluding hydrogens is 412 g/mol. The van der Waals surface area contributed by atoms with Gasteiger partial charge in [0.15, 0.2) is 5.60 Å². The topological polar surface area (TPSA) is 49.9 Å². The number of piperidine rings is 1. The molecule has 1 saturated carbocycles. The average molecular weight is 459 g/mol. The van der Waals surface area contributed by atoms with Crippen molar-refractivity contribution in [3.63, 3.8) is 0 Å². The van der Waals surface area contributed by atoms with Crippen LogP contribution in [0.3, 0.4) is 0 Å². The Morgan fingerprint density at radius 3 is 1.76 bits per heavy atom. The number of ether oxygens (including phenoxy) is 1. The summed E-state index contributed by atoms with van der Waals surface area (Å²) in [5, 5.41) is 0. The monoisotopic (exact) mass is 458 g/mol. The van der Waals surface area contributed by atoms with Gasteiger partial charge in [-0.05, 0) is 59.5 Å². The summed E-state index contributed by atoms with van der Waals surface area (Å²) >= 11 is 0. The van der Waals surface area contributed by atoms with Crippen LogP contribution in [0.1, 0.15) is 111 Å². The fraction of sp³-hybridized carbons (Fsp3) is 0.786. The Morgan fingerprint density at radius 2 is 1.33 bits per heavy atom. The predicted molar refractivity (Wildman–Crippen MR) is 134 cm³/mol. The summed E-state index contributed by atoms with van der Waals surface area (Å²) in [6.07, 6.45) is 17.0. The van der Waals surface area contributed by atoms with E-state index in [1.165, 1.54) is 51.0 Å². The van der Waals surface area contributed by atoms with Crippen molar-refractivity contribution < 1.29 is 14.3 Å². The van der Waals surface area contributed by atoms with Gasteiger partial charge in [0.25, 0.3) is 5.91 Å². The number of rotatable bonds is 3. The van der Waals surface area contributed by atoms with Gasteiger partial charge < -0.3 is 14.5 Å². The van der Waals surface area contributed by atoms with E-state index < -0.39 is 22.4 Å². The van der Waals surface area contributed by atoms with E-state index in [-0.39, 0.29) is 11.8 Å². The minimum absolute atomic E-state index is 0.0846. The van der Waals surface area contributed by atoms with Gasteiger partial charge in [0.1, 0.15) is 5.72 Å². The second-order valence-electron chi connectivity index (χ2n) is 11.8. The molecule has 2 amide bonds. The highest BCUT2D eigenvalue weighted by atomic mass is 16.6. The summed E-state index contributed by atoms with van der Waals surface area (Å²) in [6.45, 7) is 16.4. The van der Waals surface area contributed by atoms with Crippen LogP contribution < -0.4 is 0 Å². The van der Waals surface area contributed by atoms with Crippen LogP contribution in [0.5, 0.6) is 0 Å². The zero-order chi connectivity index (χ0) is 24.3. The fourth-order valence-corrected chi connectivity index (χ4v) is 7.16. The quantitative estimate of drug-likeness (QED) is 0.377. The molecule has 2 aliphatic heterocycles. The summed E-state index contributed by atoms with van der Waals surface area (Å²) < 4.78 is 7.10. The molecule has 5 nitrogen and oxygen atoms in total. The Hall–Kier alpha value is -1.62. The van der Waals surface area contributed by atoms with E-state index >= 15 is 0 Å². The van der Waals surface area contributed by atoms with Crippen molar-refractivity contribution in [3.8, 4) is 0 Å². The molecule has 5 heteroatoms. The molecule has 186 valence electrons. The Balaban J connectivity index is 1.98. The smallest absolute Gasteiger partial charge is 0.257 e. The molecule has 0 aromatic carbocycles. The maximum atomic E-state index is 14.2. The molecule has 0 aromatic heterocycles. The minimum atomic E-state index is -0.912. The van der Waals surface area contributed by atoms with Crippen molar-refractivity contribution in [1.29, 1.82) is 0 Å². The molecule has 3 rings (SSSR count). The second-order valence-corrected chi connectivity index (χ2v) is 11.8. The van der Waals surface area contributed by atoms with Gasteiger partial charge in [-0.2, -0.15) is 0 Å². The number of amides is 2. The molecule has 3 fully saturated rings. The van der Waals surface area contributed by atoms with Gasteiger partial charge in [-0.25, -0.2) is 0 Å². The normalized spacial score (nSPS) is 27.1. The lowest BCUT2D eigenvalue weighted by Crippen LogP contribution is -2.68. The molecular formula is C28H46N2O3. The molecule has 0 bridgehead atoms. The van der Waals surface area contributed by atoms with E-state index in [4.69, 9.17) is 4.74 Å². The lowest BCUT2D eigenvalue weighted by Gasteiger charge is -2.57. The van der Waals surface area contributed by atoms with Crippen molar-refractivity contribution in [2.75, 3.05) is 6.54 Å². The number of nitrogens with zero attached hydrogens (tertiary/aromatic N) is 2. The first kappa shape index (κ1) is 26.0. The third-order valence-corrected chi connectivity index (χ3v) is 8.00. The Labute approximate surface area is 201 Å². The first-order chi connectivity index (χ1) is 15.5. The summed E-state index contributed by atoms with van der Waals surface area (Å²) in [5.74, 6) is -0.00434. The second kappa shape index (κ2) is 9.93. The van der Waals surface area contributed by atoms with Crippen LogP contribution in [0, 0.1) is 0 Å². The number of carbonyl (C=O) groups excluding carboxylic acids is 2. The molecule has 2 spiro atoms. The Bertz CT molecular complexity index is 724. The SMILES string of the molecule is C=CCN1C(=O)C2(CC(C)(C)N(C(=O)C=C)C(C)(C)C2)OC12CCCCCCCCCCC2. The summed E-state index contributed by atoms with van der Waals surface area (Å²) in [6, 6.07) is 0. The lowest BCUT2D eigenvalue weighted by molar-refractivity contribution is -0.200. The van der Waals surface area contributed by atoms with Crippen LogP contribution in [-0.4, -0.2) is 50.6 Å². The molecule has 0 aromatic rings. The zero-order valence-corrected chi connectivity index (χ0v) is 21.6. The van der Waals surface area contributed by atoms with Gasteiger partial charge in [-0.15, -0.1) is 6.58 Å². The van der Waals surface area contributed by atoms with Crippen molar-refractivity contribution in [2.45, 2.75) is 134 Å². The largest absolute Gasteiger partial charge is 0.339 e. The number of carbonyl (C=O) groups is 2. The van der Waals surface area contributed by atoms with Crippen LogP contribution in [0.15, 0.2) is 25.3 Å². The van der Waals surface area contributed by atoms with Crippen LogP contribution in [-0.2, 0) is 14.3 Å². The van der Waals surface area contributed by atoms with Crippen molar-refractivity contribution in [2.24, 2.45) is 0 Å². The highest BCUT2D eigenvalue weighted by Crippen LogP contribution is 2.53. The van der Waals surface area contributed by atoms with Gasteiger partial charge in [0.05, 0.1) is 0 Å². The number of hydrogen-bond donors (Lipinski definition) is 0. The highest BCUT2D eigenvalue weighted by Gasteiger charge is 2.66. The summed E-state index contributed by atoms with van der Waals surface area (Å²) in [7, 11) is 0. The summed E-state index contributed by atoms with van der Waals surface area (Å²) in [4.78, 5) is 30.9. The minimum Gasteiger partial charge on any atom is -0.339 e. The summed E-state index contributed by atoms with van der Waals surface area (Å²) in [5.41, 5.74) is -2.54. The van der Waals surface area contributed by atoms with E-state index in [2.05, 4.69) is 40.9 Å². The van der Waals surface area contributed by atoms with Crippen LogP contribution in [0.2, 0.25) is 0 Å². The average Bonchev–Trinajstić information content (AvgIpc) is 2.91. The zero-order valence-electron chi connectivity index (χ0n) is 21.6. The van der Waals surface area contributed by atoms with E-state index in [1.807, 2.05) is 15.9 Å². The predicted octanol–water partition coefficient (Wildman–Crippen LogP) is 6.14. The van der Waals surface area contributed by atoms with Gasteiger partial charge in [-0.1, -0.05) is 57.6 Å². The maximum absolute atomic E-state index is 14.2. The van der Waals surface area contributed by atoms with Crippen LogP contribution >= 0.6 is 0 Å². The molecule has 3 aliphatic rings. The van der Waals surface area contributed by atoms with E-state index in [9.17, 15) is 9.59 Å². The molecule has 0 unspecified atom stereocenters. The van der Waals surface area contributed by atoms with Crippen molar-refractivity contribution >= 4 is 11.8 Å². The molecule has 33 heavy (non-hydrogen) atoms. The molecule has 1 aliphatic carbocycles. The molecule has 2 saturated heterocycles. The fourth-order valence-electron chi connectivity index (χ4n) is 7.16. The number of hydrogen-bond acceptors (Lipinski definition) is 3. The molecule has 0 radical (unpaired) electrons. The van der Waals surface area contributed by atoms with Gasteiger partial charge in [0.2, 0.25) is 5.91 Å². The van der Waals surface area contributed by atoms with Crippen LogP contribution in [0.4, 0.5) is 0 Å². The van der Waals surface area contributed by atoms with Crippen molar-refractivity contribution in [3.05, 3.63) is 25.3 Å². The van der Waals surface area contributed by atoms with Gasteiger partial charge in [0, 0.05) is 30.5 Å². The Morgan fingerprint density at radius 1 is 0.879 bits per heavy atom. The van der Waals surface area contributed by atoms with E-state index in [0.29, 0.717) is 19.4 Å². The molecule has 0 atom stereocenters. The Kier molecular flexibility index (Phi) is 7.82. The third-order valence-electron chi connectivity index (χ3n) is 8.00. The first-order valence-corrected chi connectivity index (χ1v) is 13.1. The maximum Gasteiger partial charge on any atom is 0.257 e. The highest BCUT2D eigenvalue weighted by molar-refractivity contribution is 5.91. The van der Waals surface area contributed by atoms with E-state index in [1.54, 1.807) is 0 Å². The molecule has 0 N–H and O–H groups in total. The van der Waals surface area contributed by atoms with Crippen LogP contribution in [0.25, 0.3) is 0 Å². The number of likely N-dealkylation sites (tertiary alicyclic amines) is 1.